The number of benzene rings is 4. The number of rotatable bonds is 14. The highest BCUT2D eigenvalue weighted by molar-refractivity contribution is 6.33. The first-order chi connectivity index (χ1) is 24.4. The molecule has 1 amide bonds. The summed E-state index contributed by atoms with van der Waals surface area (Å²) in [5, 5.41) is 1.77. The van der Waals surface area contributed by atoms with Crippen LogP contribution in [-0.2, 0) is 16.0 Å². The summed E-state index contributed by atoms with van der Waals surface area (Å²) in [4.78, 5) is 21.5. The molecule has 0 saturated carbocycles. The van der Waals surface area contributed by atoms with Crippen molar-refractivity contribution in [3.8, 4) is 11.5 Å². The minimum atomic E-state index is -0.267. The van der Waals surface area contributed by atoms with Gasteiger partial charge in [0.25, 0.3) is 5.91 Å². The number of hydrogen-bond donors (Lipinski definition) is 0. The summed E-state index contributed by atoms with van der Waals surface area (Å²) in [7, 11) is 7.33. The molecule has 9 nitrogen and oxygen atoms in total. The fourth-order valence-corrected chi connectivity index (χ4v) is 6.94. The average molecular weight is 697 g/mol. The van der Waals surface area contributed by atoms with Crippen molar-refractivity contribution in [3.63, 3.8) is 0 Å². The first kappa shape index (κ1) is 35.3. The van der Waals surface area contributed by atoms with Crippen molar-refractivity contribution in [3.05, 3.63) is 124 Å². The number of piperazine rings is 1. The Morgan fingerprint density at radius 2 is 1.32 bits per heavy atom. The second-order valence-electron chi connectivity index (χ2n) is 12.6. The lowest BCUT2D eigenvalue weighted by atomic mass is 9.83. The number of methoxy groups -OCH3 is 2. The monoisotopic (exact) mass is 696 g/mol. The molecule has 6 rings (SSSR count). The van der Waals surface area contributed by atoms with Gasteiger partial charge in [0.15, 0.2) is 13.6 Å². The van der Waals surface area contributed by atoms with Crippen LogP contribution in [0.25, 0.3) is 10.9 Å². The van der Waals surface area contributed by atoms with Crippen LogP contribution in [0, 0.1) is 0 Å². The summed E-state index contributed by atoms with van der Waals surface area (Å²) in [6.07, 6.45) is 0. The normalized spacial score (nSPS) is 13.4. The minimum absolute atomic E-state index is 0.0267. The van der Waals surface area contributed by atoms with Crippen molar-refractivity contribution < 1.29 is 23.7 Å². The van der Waals surface area contributed by atoms with Crippen molar-refractivity contribution in [2.75, 3.05) is 79.5 Å². The van der Waals surface area contributed by atoms with Gasteiger partial charge in [-0.3, -0.25) is 4.79 Å². The molecule has 0 unspecified atom stereocenters. The Balaban J connectivity index is 1.47. The molecule has 2 heterocycles. The zero-order chi connectivity index (χ0) is 35.0. The Morgan fingerprint density at radius 3 is 1.88 bits per heavy atom. The summed E-state index contributed by atoms with van der Waals surface area (Å²) in [5.74, 6) is 1.17. The molecule has 1 saturated heterocycles. The molecule has 0 aliphatic carbocycles. The van der Waals surface area contributed by atoms with Crippen LogP contribution >= 0.6 is 11.6 Å². The first-order valence-corrected chi connectivity index (χ1v) is 17.3. The van der Waals surface area contributed by atoms with Crippen molar-refractivity contribution in [1.29, 1.82) is 0 Å². The van der Waals surface area contributed by atoms with E-state index in [1.165, 1.54) is 0 Å². The largest absolute Gasteiger partial charge is 0.468 e. The number of para-hydroxylation sites is 2. The number of anilines is 1. The van der Waals surface area contributed by atoms with Gasteiger partial charge in [-0.25, -0.2) is 0 Å². The Labute approximate surface area is 299 Å². The second-order valence-corrected chi connectivity index (χ2v) is 13.0. The van der Waals surface area contributed by atoms with Crippen LogP contribution in [-0.4, -0.2) is 94.9 Å². The van der Waals surface area contributed by atoms with Crippen molar-refractivity contribution in [2.24, 2.45) is 0 Å². The lowest BCUT2D eigenvalue weighted by Crippen LogP contribution is -2.49. The molecule has 1 aliphatic heterocycles. The number of halogens is 1. The fraction of sp³-hybridized carbons (Fsp3) is 0.325. The third kappa shape index (κ3) is 7.76. The van der Waals surface area contributed by atoms with Crippen LogP contribution in [0.5, 0.6) is 11.5 Å². The van der Waals surface area contributed by atoms with Gasteiger partial charge in [0.05, 0.1) is 10.7 Å². The number of aromatic nitrogens is 1. The van der Waals surface area contributed by atoms with E-state index in [0.717, 1.165) is 44.8 Å². The summed E-state index contributed by atoms with van der Waals surface area (Å²) in [5.41, 5.74) is 5.80. The van der Waals surface area contributed by atoms with Crippen LogP contribution in [0.3, 0.4) is 0 Å². The minimum Gasteiger partial charge on any atom is -0.468 e. The number of carbonyl (C=O) groups is 1. The molecule has 0 radical (unpaired) electrons. The maximum Gasteiger partial charge on any atom is 0.270 e. The third-order valence-corrected chi connectivity index (χ3v) is 9.47. The summed E-state index contributed by atoms with van der Waals surface area (Å²) < 4.78 is 24.0. The molecular weight excluding hydrogens is 652 g/mol. The van der Waals surface area contributed by atoms with Gasteiger partial charge in [0.2, 0.25) is 0 Å². The van der Waals surface area contributed by atoms with Crippen molar-refractivity contribution in [2.45, 2.75) is 12.5 Å². The molecule has 1 fully saturated rings. The van der Waals surface area contributed by atoms with Crippen LogP contribution in [0.1, 0.15) is 33.1 Å². The van der Waals surface area contributed by atoms with E-state index in [9.17, 15) is 0 Å². The van der Waals surface area contributed by atoms with Crippen LogP contribution in [0.2, 0.25) is 5.02 Å². The Hall–Kier alpha value is -4.54. The molecule has 0 spiro atoms. The number of nitrogens with zero attached hydrogens (tertiary/aromatic N) is 4. The predicted octanol–water partition coefficient (Wildman–Crippen LogP) is 6.96. The van der Waals surface area contributed by atoms with Gasteiger partial charge in [-0.15, -0.1) is 0 Å². The molecule has 50 heavy (non-hydrogen) atoms. The number of amides is 1. The SMILES string of the molecule is COCOc1ccc(C(c2ccc(OCOC)cc2)c2c(C(=O)N3CCN(c4ccccc4Cl)CC3)n(CCN(C)C)c3ccccc23)cc1. The quantitative estimate of drug-likeness (QED) is 0.116. The standard InChI is InChI=1S/C40H45ClN4O5/c1-42(2)21-26-45-35-11-7-5-9-33(35)38(39(45)40(46)44-24-22-43(23-25-44)36-12-8-6-10-34(36)41)37(29-13-17-31(18-14-29)49-27-47-3)30-15-19-32(20-16-30)50-28-48-4/h5-20,37H,21-28H2,1-4H3. The summed E-state index contributed by atoms with van der Waals surface area (Å²) in [6.45, 7) is 4.31. The molecule has 0 atom stereocenters. The molecule has 0 bridgehead atoms. The van der Waals surface area contributed by atoms with E-state index >= 15 is 4.79 Å². The van der Waals surface area contributed by atoms with Crippen LogP contribution in [0.4, 0.5) is 5.69 Å². The summed E-state index contributed by atoms with van der Waals surface area (Å²) >= 11 is 6.56. The number of ether oxygens (including phenoxy) is 4. The highest BCUT2D eigenvalue weighted by Gasteiger charge is 2.34. The summed E-state index contributed by atoms with van der Waals surface area (Å²) in [6, 6.07) is 32.4. The molecule has 1 aromatic heterocycles. The molecule has 0 N–H and O–H groups in total. The lowest BCUT2D eigenvalue weighted by molar-refractivity contribution is 0.0509. The highest BCUT2D eigenvalue weighted by Crippen LogP contribution is 2.42. The molecule has 262 valence electrons. The van der Waals surface area contributed by atoms with Gasteiger partial charge in [0.1, 0.15) is 17.2 Å². The average Bonchev–Trinajstić information content (AvgIpc) is 3.47. The number of carbonyl (C=O) groups excluding carboxylic acids is 1. The predicted molar refractivity (Wildman–Crippen MR) is 199 cm³/mol. The van der Waals surface area contributed by atoms with E-state index in [0.29, 0.717) is 49.9 Å². The van der Waals surface area contributed by atoms with Crippen LogP contribution in [0.15, 0.2) is 97.1 Å². The zero-order valence-corrected chi connectivity index (χ0v) is 29.9. The molecule has 1 aliphatic rings. The number of fused-ring (bicyclic) bond motifs is 1. The van der Waals surface area contributed by atoms with Crippen molar-refractivity contribution >= 4 is 34.1 Å². The Bertz CT molecular complexity index is 1820. The maximum absolute atomic E-state index is 15.1. The van der Waals surface area contributed by atoms with Gasteiger partial charge in [-0.2, -0.15) is 0 Å². The zero-order valence-electron chi connectivity index (χ0n) is 29.2. The van der Waals surface area contributed by atoms with Crippen molar-refractivity contribution in [1.82, 2.24) is 14.4 Å². The number of likely N-dealkylation sites (N-methyl/N-ethyl adjacent to an activating group) is 1. The topological polar surface area (TPSA) is 68.6 Å². The van der Waals surface area contributed by atoms with E-state index in [4.69, 9.17) is 30.5 Å². The third-order valence-electron chi connectivity index (χ3n) is 9.15. The Morgan fingerprint density at radius 1 is 0.760 bits per heavy atom. The van der Waals surface area contributed by atoms with Gasteiger partial charge in [-0.1, -0.05) is 66.2 Å². The molecular formula is C40H45ClN4O5. The van der Waals surface area contributed by atoms with Crippen LogP contribution < -0.4 is 14.4 Å². The second kappa shape index (κ2) is 16.4. The van der Waals surface area contributed by atoms with Gasteiger partial charge in [0, 0.05) is 75.9 Å². The van der Waals surface area contributed by atoms with Gasteiger partial charge >= 0.3 is 0 Å². The van der Waals surface area contributed by atoms with Gasteiger partial charge < -0.3 is 38.2 Å². The maximum atomic E-state index is 15.1. The van der Waals surface area contributed by atoms with E-state index < -0.39 is 0 Å². The van der Waals surface area contributed by atoms with E-state index in [2.05, 4.69) is 70.9 Å². The fourth-order valence-electron chi connectivity index (χ4n) is 6.69. The number of hydrogen-bond acceptors (Lipinski definition) is 7. The van der Waals surface area contributed by atoms with E-state index in [1.54, 1.807) is 14.2 Å². The molecule has 10 heteroatoms. The molecule has 5 aromatic rings. The van der Waals surface area contributed by atoms with E-state index in [-0.39, 0.29) is 25.4 Å². The van der Waals surface area contributed by atoms with E-state index in [1.807, 2.05) is 59.5 Å². The smallest absolute Gasteiger partial charge is 0.270 e. The first-order valence-electron chi connectivity index (χ1n) is 16.9. The lowest BCUT2D eigenvalue weighted by Gasteiger charge is -2.37. The molecule has 4 aromatic carbocycles. The van der Waals surface area contributed by atoms with Gasteiger partial charge in [-0.05, 0) is 67.7 Å². The Kier molecular flexibility index (Phi) is 11.6. The highest BCUT2D eigenvalue weighted by atomic mass is 35.5.